The average molecular weight is 290 g/mol. The monoisotopic (exact) mass is 290 g/mol. The maximum absolute atomic E-state index is 12.2. The van der Waals surface area contributed by atoms with Crippen molar-refractivity contribution in [2.45, 2.75) is 25.8 Å². The van der Waals surface area contributed by atoms with Gasteiger partial charge in [-0.25, -0.2) is 4.79 Å². The van der Waals surface area contributed by atoms with E-state index in [1.54, 1.807) is 11.9 Å². The number of rotatable bonds is 6. The third-order valence-corrected chi connectivity index (χ3v) is 4.01. The number of hydrogen-bond acceptors (Lipinski definition) is 2. The van der Waals surface area contributed by atoms with Crippen molar-refractivity contribution in [1.29, 1.82) is 0 Å². The Morgan fingerprint density at radius 3 is 2.52 bits per heavy atom. The predicted molar refractivity (Wildman–Crippen MR) is 79.9 cm³/mol. The molecule has 0 bridgehead atoms. The van der Waals surface area contributed by atoms with Gasteiger partial charge in [-0.05, 0) is 23.8 Å². The maximum atomic E-state index is 12.2. The highest BCUT2D eigenvalue weighted by molar-refractivity contribution is 5.76. The van der Waals surface area contributed by atoms with E-state index in [9.17, 15) is 9.59 Å². The molecule has 1 fully saturated rings. The number of benzene rings is 1. The first-order valence-corrected chi connectivity index (χ1v) is 7.25. The number of hydrogen-bond donors (Lipinski definition) is 2. The number of carbonyl (C=O) groups excluding carboxylic acids is 1. The topological polar surface area (TPSA) is 69.6 Å². The van der Waals surface area contributed by atoms with Crippen LogP contribution in [0.25, 0.3) is 0 Å². The van der Waals surface area contributed by atoms with Crippen molar-refractivity contribution in [3.8, 4) is 0 Å². The van der Waals surface area contributed by atoms with Crippen LogP contribution in [0, 0.1) is 11.8 Å². The fourth-order valence-electron chi connectivity index (χ4n) is 2.46. The molecule has 1 aromatic carbocycles. The molecule has 0 aliphatic heterocycles. The fourth-order valence-corrected chi connectivity index (χ4v) is 2.46. The van der Waals surface area contributed by atoms with E-state index in [-0.39, 0.29) is 12.5 Å². The lowest BCUT2D eigenvalue weighted by Crippen LogP contribution is -2.41. The lowest BCUT2D eigenvalue weighted by molar-refractivity contribution is -0.137. The van der Waals surface area contributed by atoms with Crippen molar-refractivity contribution in [1.82, 2.24) is 10.2 Å². The van der Waals surface area contributed by atoms with Crippen LogP contribution >= 0.6 is 0 Å². The number of aliphatic carboxylic acids is 1. The van der Waals surface area contributed by atoms with Gasteiger partial charge in [0.25, 0.3) is 0 Å². The van der Waals surface area contributed by atoms with Crippen LogP contribution in [0.3, 0.4) is 0 Å². The first kappa shape index (κ1) is 15.4. The van der Waals surface area contributed by atoms with Gasteiger partial charge in [0.15, 0.2) is 0 Å². The van der Waals surface area contributed by atoms with Crippen molar-refractivity contribution < 1.29 is 14.7 Å². The van der Waals surface area contributed by atoms with Gasteiger partial charge in [-0.3, -0.25) is 4.79 Å². The fraction of sp³-hybridized carbons (Fsp3) is 0.500. The van der Waals surface area contributed by atoms with Crippen LogP contribution in [0.4, 0.5) is 4.79 Å². The summed E-state index contributed by atoms with van der Waals surface area (Å²) in [5.41, 5.74) is 0.807. The number of amides is 2. The predicted octanol–water partition coefficient (Wildman–Crippen LogP) is 2.50. The molecule has 0 heterocycles. The molecular weight excluding hydrogens is 268 g/mol. The summed E-state index contributed by atoms with van der Waals surface area (Å²) in [6.07, 6.45) is 1.04. The van der Waals surface area contributed by atoms with Crippen LogP contribution in [0.1, 0.15) is 31.4 Å². The molecule has 5 heteroatoms. The maximum Gasteiger partial charge on any atom is 0.317 e. The van der Waals surface area contributed by atoms with Gasteiger partial charge >= 0.3 is 12.0 Å². The van der Waals surface area contributed by atoms with E-state index >= 15 is 0 Å². The highest BCUT2D eigenvalue weighted by atomic mass is 16.4. The summed E-state index contributed by atoms with van der Waals surface area (Å²) in [5, 5.41) is 11.8. The van der Waals surface area contributed by atoms with Crippen molar-refractivity contribution in [2.75, 3.05) is 13.6 Å². The molecule has 2 rings (SSSR count). The lowest BCUT2D eigenvalue weighted by Gasteiger charge is -2.23. The molecule has 0 radical (unpaired) electrons. The van der Waals surface area contributed by atoms with E-state index in [4.69, 9.17) is 5.11 Å². The Morgan fingerprint density at radius 1 is 1.38 bits per heavy atom. The van der Waals surface area contributed by atoms with Crippen LogP contribution in [0.15, 0.2) is 30.3 Å². The van der Waals surface area contributed by atoms with E-state index in [2.05, 4.69) is 12.2 Å². The second-order valence-corrected chi connectivity index (χ2v) is 5.86. The third-order valence-electron chi connectivity index (χ3n) is 4.01. The molecule has 21 heavy (non-hydrogen) atoms. The first-order valence-electron chi connectivity index (χ1n) is 7.25. The van der Waals surface area contributed by atoms with Crippen LogP contribution in [0.2, 0.25) is 0 Å². The van der Waals surface area contributed by atoms with Crippen LogP contribution in [0.5, 0.6) is 0 Å². The first-order chi connectivity index (χ1) is 9.97. The summed E-state index contributed by atoms with van der Waals surface area (Å²) < 4.78 is 0. The van der Waals surface area contributed by atoms with Gasteiger partial charge in [-0.1, -0.05) is 37.3 Å². The summed E-state index contributed by atoms with van der Waals surface area (Å²) in [7, 11) is 1.75. The van der Waals surface area contributed by atoms with Crippen LogP contribution < -0.4 is 5.32 Å². The standard InChI is InChI=1S/C16H22N2O3/c1-11-8-13(11)10-18(2)16(21)17-14(9-15(19)20)12-6-4-3-5-7-12/h3-7,11,13-14H,8-10H2,1-2H3,(H,17,21)(H,19,20). The van der Waals surface area contributed by atoms with Gasteiger partial charge in [0, 0.05) is 13.6 Å². The van der Waals surface area contributed by atoms with E-state index in [1.807, 2.05) is 30.3 Å². The number of carbonyl (C=O) groups is 2. The molecule has 0 aromatic heterocycles. The van der Waals surface area contributed by atoms with Gasteiger partial charge in [0.1, 0.15) is 0 Å². The average Bonchev–Trinajstić information content (AvgIpc) is 3.13. The molecule has 1 aliphatic carbocycles. The number of nitrogens with one attached hydrogen (secondary N) is 1. The normalized spacial score (nSPS) is 21.4. The quantitative estimate of drug-likeness (QED) is 0.845. The minimum absolute atomic E-state index is 0.122. The minimum Gasteiger partial charge on any atom is -0.481 e. The van der Waals surface area contributed by atoms with E-state index < -0.39 is 12.0 Å². The van der Waals surface area contributed by atoms with Crippen molar-refractivity contribution in [2.24, 2.45) is 11.8 Å². The Hall–Kier alpha value is -2.04. The van der Waals surface area contributed by atoms with Crippen LogP contribution in [-0.2, 0) is 4.79 Å². The number of carboxylic acids is 1. The molecule has 5 nitrogen and oxygen atoms in total. The molecule has 0 saturated heterocycles. The Kier molecular flexibility index (Phi) is 4.83. The molecule has 1 saturated carbocycles. The largest absolute Gasteiger partial charge is 0.481 e. The highest BCUT2D eigenvalue weighted by Crippen LogP contribution is 2.37. The summed E-state index contributed by atoms with van der Waals surface area (Å²) in [4.78, 5) is 24.8. The molecule has 2 amide bonds. The number of urea groups is 1. The highest BCUT2D eigenvalue weighted by Gasteiger charge is 2.34. The molecule has 3 unspecified atom stereocenters. The smallest absolute Gasteiger partial charge is 0.317 e. The second-order valence-electron chi connectivity index (χ2n) is 5.86. The Morgan fingerprint density at radius 2 is 2.00 bits per heavy atom. The zero-order valence-corrected chi connectivity index (χ0v) is 12.5. The van der Waals surface area contributed by atoms with E-state index in [1.165, 1.54) is 0 Å². The van der Waals surface area contributed by atoms with Gasteiger partial charge in [-0.2, -0.15) is 0 Å². The molecular formula is C16H22N2O3. The van der Waals surface area contributed by atoms with Gasteiger partial charge in [0.05, 0.1) is 12.5 Å². The summed E-state index contributed by atoms with van der Waals surface area (Å²) in [6.45, 7) is 2.90. The molecule has 2 N–H and O–H groups in total. The Bertz CT molecular complexity index is 504. The van der Waals surface area contributed by atoms with Crippen molar-refractivity contribution >= 4 is 12.0 Å². The molecule has 114 valence electrons. The van der Waals surface area contributed by atoms with E-state index in [0.717, 1.165) is 18.5 Å². The van der Waals surface area contributed by atoms with Crippen molar-refractivity contribution in [3.63, 3.8) is 0 Å². The molecule has 0 spiro atoms. The Balaban J connectivity index is 1.97. The molecule has 1 aromatic rings. The van der Waals surface area contributed by atoms with Gasteiger partial charge in [0.2, 0.25) is 0 Å². The second kappa shape index (κ2) is 6.61. The van der Waals surface area contributed by atoms with E-state index in [0.29, 0.717) is 11.8 Å². The SMILES string of the molecule is CC1CC1CN(C)C(=O)NC(CC(=O)O)c1ccccc1. The summed E-state index contributed by atoms with van der Waals surface area (Å²) in [5.74, 6) is 0.335. The third kappa shape index (κ3) is 4.48. The Labute approximate surface area is 125 Å². The van der Waals surface area contributed by atoms with Gasteiger partial charge in [-0.15, -0.1) is 0 Å². The minimum atomic E-state index is -0.928. The number of nitrogens with zero attached hydrogens (tertiary/aromatic N) is 1. The molecule has 1 aliphatic rings. The van der Waals surface area contributed by atoms with Crippen molar-refractivity contribution in [3.05, 3.63) is 35.9 Å². The molecule has 3 atom stereocenters. The van der Waals surface area contributed by atoms with Crippen LogP contribution in [-0.4, -0.2) is 35.6 Å². The summed E-state index contributed by atoms with van der Waals surface area (Å²) in [6, 6.07) is 8.48. The summed E-state index contributed by atoms with van der Waals surface area (Å²) >= 11 is 0. The zero-order valence-electron chi connectivity index (χ0n) is 12.5. The lowest BCUT2D eigenvalue weighted by atomic mass is 10.0. The number of carboxylic acid groups (broad SMARTS) is 1. The van der Waals surface area contributed by atoms with Gasteiger partial charge < -0.3 is 15.3 Å². The zero-order chi connectivity index (χ0) is 15.4.